The molecule has 0 aromatic carbocycles. The van der Waals surface area contributed by atoms with E-state index in [2.05, 4.69) is 10.2 Å². The van der Waals surface area contributed by atoms with Crippen LogP contribution in [0.1, 0.15) is 32.6 Å². The summed E-state index contributed by atoms with van der Waals surface area (Å²) in [5.74, 6) is -0.431. The number of amides is 2. The molecule has 0 aliphatic carbocycles. The maximum Gasteiger partial charge on any atom is 0.317 e. The third kappa shape index (κ3) is 6.23. The Kier molecular flexibility index (Phi) is 6.78. The number of hydrogen-bond acceptors (Lipinski definition) is 3. The van der Waals surface area contributed by atoms with Crippen molar-refractivity contribution in [2.24, 2.45) is 5.92 Å². The van der Waals surface area contributed by atoms with Crippen LogP contribution in [0.2, 0.25) is 0 Å². The number of nitrogens with one attached hydrogen (secondary N) is 1. The lowest BCUT2D eigenvalue weighted by atomic mass is 10.0. The third-order valence-electron chi connectivity index (χ3n) is 3.72. The van der Waals surface area contributed by atoms with Crippen LogP contribution in [0.15, 0.2) is 0 Å². The van der Waals surface area contributed by atoms with Gasteiger partial charge in [0.05, 0.1) is 0 Å². The van der Waals surface area contributed by atoms with Gasteiger partial charge in [-0.3, -0.25) is 4.79 Å². The maximum atomic E-state index is 12.1. The minimum atomic E-state index is -0.759. The van der Waals surface area contributed by atoms with Gasteiger partial charge in [0.2, 0.25) is 0 Å². The Morgan fingerprint density at radius 1 is 1.45 bits per heavy atom. The van der Waals surface area contributed by atoms with Gasteiger partial charge in [-0.15, -0.1) is 0 Å². The smallest absolute Gasteiger partial charge is 0.317 e. The van der Waals surface area contributed by atoms with Crippen LogP contribution in [-0.2, 0) is 4.79 Å². The van der Waals surface area contributed by atoms with Crippen molar-refractivity contribution in [2.45, 2.75) is 38.6 Å². The van der Waals surface area contributed by atoms with Gasteiger partial charge in [-0.1, -0.05) is 0 Å². The normalized spacial score (nSPS) is 20.2. The van der Waals surface area contributed by atoms with Crippen molar-refractivity contribution >= 4 is 12.0 Å². The summed E-state index contributed by atoms with van der Waals surface area (Å²) in [4.78, 5) is 26.5. The Hall–Kier alpha value is -1.30. The molecule has 2 N–H and O–H groups in total. The SMILES string of the molecule is CC(CCN(C)C)NC(=O)N1CCC(CCC(=O)O)C1. The van der Waals surface area contributed by atoms with Crippen LogP contribution in [0.5, 0.6) is 0 Å². The largest absolute Gasteiger partial charge is 0.481 e. The fraction of sp³-hybridized carbons (Fsp3) is 0.857. The molecule has 1 aliphatic heterocycles. The Labute approximate surface area is 121 Å². The number of carbonyl (C=O) groups is 2. The zero-order chi connectivity index (χ0) is 15.1. The number of aliphatic carboxylic acids is 1. The summed E-state index contributed by atoms with van der Waals surface area (Å²) in [5, 5.41) is 11.7. The van der Waals surface area contributed by atoms with Crippen molar-refractivity contribution in [1.82, 2.24) is 15.1 Å². The van der Waals surface area contributed by atoms with Gasteiger partial charge in [0.15, 0.2) is 0 Å². The van der Waals surface area contributed by atoms with Crippen LogP contribution in [-0.4, -0.2) is 66.7 Å². The second-order valence-electron chi connectivity index (χ2n) is 5.98. The highest BCUT2D eigenvalue weighted by molar-refractivity contribution is 5.74. The fourth-order valence-electron chi connectivity index (χ4n) is 2.41. The molecule has 1 rings (SSSR count). The zero-order valence-corrected chi connectivity index (χ0v) is 12.8. The maximum absolute atomic E-state index is 12.1. The second kappa shape index (κ2) is 8.09. The van der Waals surface area contributed by atoms with E-state index in [-0.39, 0.29) is 18.5 Å². The van der Waals surface area contributed by atoms with E-state index in [1.165, 1.54) is 0 Å². The first kappa shape index (κ1) is 16.8. The molecule has 0 bridgehead atoms. The average Bonchev–Trinajstić information content (AvgIpc) is 2.82. The zero-order valence-electron chi connectivity index (χ0n) is 12.8. The molecule has 2 amide bonds. The number of carboxylic acids is 1. The lowest BCUT2D eigenvalue weighted by Gasteiger charge is -2.22. The van der Waals surface area contributed by atoms with Crippen LogP contribution in [0.4, 0.5) is 4.79 Å². The molecule has 0 radical (unpaired) electrons. The van der Waals surface area contributed by atoms with Gasteiger partial charge in [-0.25, -0.2) is 4.79 Å². The summed E-state index contributed by atoms with van der Waals surface area (Å²) in [6.45, 7) is 4.37. The minimum Gasteiger partial charge on any atom is -0.481 e. The summed E-state index contributed by atoms with van der Waals surface area (Å²) in [6.07, 6.45) is 2.69. The van der Waals surface area contributed by atoms with Gasteiger partial charge >= 0.3 is 12.0 Å². The van der Waals surface area contributed by atoms with Crippen molar-refractivity contribution in [1.29, 1.82) is 0 Å². The van der Waals surface area contributed by atoms with E-state index >= 15 is 0 Å². The van der Waals surface area contributed by atoms with E-state index in [0.717, 1.165) is 25.9 Å². The van der Waals surface area contributed by atoms with Crippen LogP contribution < -0.4 is 5.32 Å². The molecule has 1 aliphatic rings. The van der Waals surface area contributed by atoms with Crippen molar-refractivity contribution in [3.05, 3.63) is 0 Å². The Morgan fingerprint density at radius 3 is 2.75 bits per heavy atom. The molecular weight excluding hydrogens is 258 g/mol. The molecule has 1 saturated heterocycles. The van der Waals surface area contributed by atoms with E-state index in [1.807, 2.05) is 21.0 Å². The number of hydrogen-bond donors (Lipinski definition) is 2. The predicted octanol–water partition coefficient (Wildman–Crippen LogP) is 1.22. The summed E-state index contributed by atoms with van der Waals surface area (Å²) >= 11 is 0. The molecule has 20 heavy (non-hydrogen) atoms. The Balaban J connectivity index is 2.25. The summed E-state index contributed by atoms with van der Waals surface area (Å²) in [5.41, 5.74) is 0. The van der Waals surface area contributed by atoms with Crippen molar-refractivity contribution in [2.75, 3.05) is 33.7 Å². The van der Waals surface area contributed by atoms with Gasteiger partial charge in [0.25, 0.3) is 0 Å². The molecular formula is C14H27N3O3. The number of carbonyl (C=O) groups excluding carboxylic acids is 1. The first-order valence-corrected chi connectivity index (χ1v) is 7.30. The van der Waals surface area contributed by atoms with Gasteiger partial charge in [-0.2, -0.15) is 0 Å². The average molecular weight is 285 g/mol. The van der Waals surface area contributed by atoms with Crippen molar-refractivity contribution < 1.29 is 14.7 Å². The van der Waals surface area contributed by atoms with Gasteiger partial charge in [0.1, 0.15) is 0 Å². The molecule has 0 spiro atoms. The van der Waals surface area contributed by atoms with Crippen molar-refractivity contribution in [3.8, 4) is 0 Å². The highest BCUT2D eigenvalue weighted by Crippen LogP contribution is 2.21. The number of carboxylic acid groups (broad SMARTS) is 1. The van der Waals surface area contributed by atoms with E-state index in [0.29, 0.717) is 18.9 Å². The molecule has 6 nitrogen and oxygen atoms in total. The highest BCUT2D eigenvalue weighted by atomic mass is 16.4. The molecule has 116 valence electrons. The molecule has 2 atom stereocenters. The molecule has 0 aromatic rings. The number of nitrogens with zero attached hydrogens (tertiary/aromatic N) is 2. The number of likely N-dealkylation sites (tertiary alicyclic amines) is 1. The minimum absolute atomic E-state index is 0.0194. The van der Waals surface area contributed by atoms with Gasteiger partial charge in [-0.05, 0) is 52.7 Å². The van der Waals surface area contributed by atoms with Crippen LogP contribution in [0.3, 0.4) is 0 Å². The standard InChI is InChI=1S/C14H27N3O3/c1-11(6-8-16(2)3)15-14(20)17-9-7-12(10-17)4-5-13(18)19/h11-12H,4-10H2,1-3H3,(H,15,20)(H,18,19). The molecule has 1 fully saturated rings. The Morgan fingerprint density at radius 2 is 2.15 bits per heavy atom. The molecule has 2 unspecified atom stereocenters. The third-order valence-corrected chi connectivity index (χ3v) is 3.72. The quantitative estimate of drug-likeness (QED) is 0.738. The number of rotatable bonds is 7. The highest BCUT2D eigenvalue weighted by Gasteiger charge is 2.26. The van der Waals surface area contributed by atoms with Gasteiger partial charge in [0, 0.05) is 25.6 Å². The second-order valence-corrected chi connectivity index (χ2v) is 5.98. The van der Waals surface area contributed by atoms with E-state index in [1.54, 1.807) is 4.90 Å². The predicted molar refractivity (Wildman–Crippen MR) is 77.7 cm³/mol. The molecule has 0 aromatic heterocycles. The first-order chi connectivity index (χ1) is 9.38. The lowest BCUT2D eigenvalue weighted by molar-refractivity contribution is -0.137. The molecule has 1 heterocycles. The van der Waals surface area contributed by atoms with Gasteiger partial charge < -0.3 is 20.2 Å². The molecule has 0 saturated carbocycles. The molecule has 6 heteroatoms. The number of urea groups is 1. The summed E-state index contributed by atoms with van der Waals surface area (Å²) < 4.78 is 0. The van der Waals surface area contributed by atoms with Crippen molar-refractivity contribution in [3.63, 3.8) is 0 Å². The van der Waals surface area contributed by atoms with E-state index < -0.39 is 5.97 Å². The topological polar surface area (TPSA) is 72.9 Å². The monoisotopic (exact) mass is 285 g/mol. The fourth-order valence-corrected chi connectivity index (χ4v) is 2.41. The summed E-state index contributed by atoms with van der Waals surface area (Å²) in [7, 11) is 4.03. The Bertz CT molecular complexity index is 334. The van der Waals surface area contributed by atoms with E-state index in [9.17, 15) is 9.59 Å². The summed E-state index contributed by atoms with van der Waals surface area (Å²) in [6, 6.07) is 0.136. The van der Waals surface area contributed by atoms with E-state index in [4.69, 9.17) is 5.11 Å². The van der Waals surface area contributed by atoms with Crippen LogP contribution in [0.25, 0.3) is 0 Å². The lowest BCUT2D eigenvalue weighted by Crippen LogP contribution is -2.43. The first-order valence-electron chi connectivity index (χ1n) is 7.30. The van der Waals surface area contributed by atoms with Crippen LogP contribution in [0, 0.1) is 5.92 Å². The van der Waals surface area contributed by atoms with Crippen LogP contribution >= 0.6 is 0 Å².